The number of hydrogen-bond donors (Lipinski definition) is 0. The summed E-state index contributed by atoms with van der Waals surface area (Å²) in [4.78, 5) is 14.5. The number of carbonyl (C=O) groups is 1. The summed E-state index contributed by atoms with van der Waals surface area (Å²) in [5.41, 5.74) is 1.12. The van der Waals surface area contributed by atoms with Crippen molar-refractivity contribution in [3.63, 3.8) is 0 Å². The van der Waals surface area contributed by atoms with Gasteiger partial charge in [0.1, 0.15) is 0 Å². The third-order valence-electron chi connectivity index (χ3n) is 2.91. The number of rotatable bonds is 4. The second-order valence-corrected chi connectivity index (χ2v) is 5.43. The summed E-state index contributed by atoms with van der Waals surface area (Å²) in [7, 11) is 0. The van der Waals surface area contributed by atoms with Gasteiger partial charge < -0.3 is 0 Å². The van der Waals surface area contributed by atoms with Crippen molar-refractivity contribution in [1.29, 1.82) is 0 Å². The van der Waals surface area contributed by atoms with Crippen LogP contribution >= 0.6 is 11.3 Å². The summed E-state index contributed by atoms with van der Waals surface area (Å²) in [6.07, 6.45) is 0.847. The third kappa shape index (κ3) is 2.64. The molecular weight excluding hydrogens is 228 g/mol. The van der Waals surface area contributed by atoms with Gasteiger partial charge in [-0.25, -0.2) is 0 Å². The van der Waals surface area contributed by atoms with Crippen LogP contribution < -0.4 is 0 Å². The topological polar surface area (TPSA) is 17.1 Å². The van der Waals surface area contributed by atoms with Gasteiger partial charge in [-0.3, -0.25) is 4.79 Å². The van der Waals surface area contributed by atoms with Gasteiger partial charge in [0.2, 0.25) is 0 Å². The Morgan fingerprint density at radius 1 is 1.18 bits per heavy atom. The van der Waals surface area contributed by atoms with Gasteiger partial charge in [-0.05, 0) is 31.0 Å². The first kappa shape index (κ1) is 12.1. The number of thiophene rings is 1. The van der Waals surface area contributed by atoms with Crippen molar-refractivity contribution in [1.82, 2.24) is 0 Å². The smallest absolute Gasteiger partial charge is 0.180 e. The summed E-state index contributed by atoms with van der Waals surface area (Å²) in [5, 5.41) is 0. The van der Waals surface area contributed by atoms with Crippen molar-refractivity contribution in [2.75, 3.05) is 0 Å². The van der Waals surface area contributed by atoms with Crippen LogP contribution in [0.25, 0.3) is 0 Å². The maximum absolute atomic E-state index is 12.4. The molecule has 0 bridgehead atoms. The van der Waals surface area contributed by atoms with Gasteiger partial charge in [0.25, 0.3) is 0 Å². The average Bonchev–Trinajstić information content (AvgIpc) is 2.78. The lowest BCUT2D eigenvalue weighted by atomic mass is 9.91. The summed E-state index contributed by atoms with van der Waals surface area (Å²) in [6, 6.07) is 14.0. The van der Waals surface area contributed by atoms with Crippen molar-refractivity contribution in [3.8, 4) is 0 Å². The summed E-state index contributed by atoms with van der Waals surface area (Å²) >= 11 is 1.58. The minimum absolute atomic E-state index is 0.00532. The van der Waals surface area contributed by atoms with Crippen LogP contribution in [0.3, 0.4) is 0 Å². The van der Waals surface area contributed by atoms with Gasteiger partial charge in [0.15, 0.2) is 5.78 Å². The largest absolute Gasteiger partial charge is 0.293 e. The van der Waals surface area contributed by atoms with E-state index in [2.05, 4.69) is 6.92 Å². The molecule has 0 aliphatic rings. The van der Waals surface area contributed by atoms with E-state index in [1.54, 1.807) is 11.3 Å². The molecule has 0 saturated carbocycles. The second kappa shape index (κ2) is 5.28. The van der Waals surface area contributed by atoms with E-state index in [9.17, 15) is 4.79 Å². The Morgan fingerprint density at radius 3 is 2.41 bits per heavy atom. The van der Waals surface area contributed by atoms with Crippen LogP contribution in [0.2, 0.25) is 0 Å². The molecule has 2 aromatic rings. The first-order chi connectivity index (χ1) is 8.22. The SMILES string of the molecule is CCC(C(=O)c1ccc(C)s1)c1ccccc1. The predicted molar refractivity (Wildman–Crippen MR) is 72.9 cm³/mol. The summed E-state index contributed by atoms with van der Waals surface area (Å²) in [5.74, 6) is 0.242. The summed E-state index contributed by atoms with van der Waals surface area (Å²) < 4.78 is 0. The van der Waals surface area contributed by atoms with Gasteiger partial charge >= 0.3 is 0 Å². The molecule has 0 spiro atoms. The van der Waals surface area contributed by atoms with Gasteiger partial charge in [0.05, 0.1) is 4.88 Å². The first-order valence-electron chi connectivity index (χ1n) is 5.88. The molecule has 0 amide bonds. The molecule has 2 rings (SSSR count). The van der Waals surface area contributed by atoms with Crippen molar-refractivity contribution < 1.29 is 4.79 Å². The lowest BCUT2D eigenvalue weighted by Crippen LogP contribution is -2.10. The Kier molecular flexibility index (Phi) is 3.75. The minimum atomic E-state index is -0.00532. The fraction of sp³-hybridized carbons (Fsp3) is 0.267. The number of ketones is 1. The van der Waals surface area contributed by atoms with Crippen LogP contribution in [0.1, 0.15) is 39.4 Å². The minimum Gasteiger partial charge on any atom is -0.293 e. The Bertz CT molecular complexity index is 499. The molecule has 0 radical (unpaired) electrons. The van der Waals surface area contributed by atoms with Crippen molar-refractivity contribution >= 4 is 17.1 Å². The molecule has 1 heterocycles. The van der Waals surface area contributed by atoms with Crippen LogP contribution in [-0.4, -0.2) is 5.78 Å². The van der Waals surface area contributed by atoms with Crippen molar-refractivity contribution in [2.24, 2.45) is 0 Å². The Balaban J connectivity index is 2.28. The summed E-state index contributed by atoms with van der Waals surface area (Å²) in [6.45, 7) is 4.10. The Hall–Kier alpha value is -1.41. The highest BCUT2D eigenvalue weighted by molar-refractivity contribution is 7.14. The molecule has 0 aliphatic carbocycles. The number of hydrogen-bond acceptors (Lipinski definition) is 2. The normalized spacial score (nSPS) is 12.4. The van der Waals surface area contributed by atoms with Crippen LogP contribution in [0.5, 0.6) is 0 Å². The zero-order valence-electron chi connectivity index (χ0n) is 10.1. The van der Waals surface area contributed by atoms with Gasteiger partial charge in [0, 0.05) is 10.8 Å². The fourth-order valence-electron chi connectivity index (χ4n) is 2.00. The molecule has 1 atom stereocenters. The molecule has 88 valence electrons. The molecule has 0 aliphatic heterocycles. The molecule has 2 heteroatoms. The Morgan fingerprint density at radius 2 is 1.88 bits per heavy atom. The highest BCUT2D eigenvalue weighted by atomic mass is 32.1. The zero-order chi connectivity index (χ0) is 12.3. The number of Topliss-reactive ketones (excluding diaryl/α,β-unsaturated/α-hetero) is 1. The number of aryl methyl sites for hydroxylation is 1. The fourth-order valence-corrected chi connectivity index (χ4v) is 2.86. The molecule has 17 heavy (non-hydrogen) atoms. The van der Waals surface area contributed by atoms with Crippen molar-refractivity contribution in [2.45, 2.75) is 26.2 Å². The van der Waals surface area contributed by atoms with Crippen molar-refractivity contribution in [3.05, 3.63) is 57.8 Å². The highest BCUT2D eigenvalue weighted by Gasteiger charge is 2.20. The lowest BCUT2D eigenvalue weighted by Gasteiger charge is -2.12. The monoisotopic (exact) mass is 244 g/mol. The van der Waals surface area contributed by atoms with E-state index < -0.39 is 0 Å². The van der Waals surface area contributed by atoms with E-state index in [1.165, 1.54) is 4.88 Å². The van der Waals surface area contributed by atoms with E-state index in [4.69, 9.17) is 0 Å². The Labute approximate surface area is 106 Å². The second-order valence-electron chi connectivity index (χ2n) is 4.15. The molecule has 0 fully saturated rings. The van der Waals surface area contributed by atoms with Crippen LogP contribution in [0, 0.1) is 6.92 Å². The van der Waals surface area contributed by atoms with Gasteiger partial charge in [-0.15, -0.1) is 11.3 Å². The van der Waals surface area contributed by atoms with E-state index >= 15 is 0 Å². The van der Waals surface area contributed by atoms with E-state index in [0.717, 1.165) is 16.9 Å². The first-order valence-corrected chi connectivity index (χ1v) is 6.69. The molecule has 1 aromatic carbocycles. The van der Waals surface area contributed by atoms with E-state index in [-0.39, 0.29) is 11.7 Å². The molecule has 1 aromatic heterocycles. The van der Waals surface area contributed by atoms with E-state index in [1.807, 2.05) is 49.4 Å². The molecule has 0 saturated heterocycles. The van der Waals surface area contributed by atoms with Crippen LogP contribution in [-0.2, 0) is 0 Å². The average molecular weight is 244 g/mol. The predicted octanol–water partition coefficient (Wildman–Crippen LogP) is 4.43. The van der Waals surface area contributed by atoms with Gasteiger partial charge in [-0.2, -0.15) is 0 Å². The maximum atomic E-state index is 12.4. The molecule has 1 unspecified atom stereocenters. The van der Waals surface area contributed by atoms with Crippen LogP contribution in [0.15, 0.2) is 42.5 Å². The quantitative estimate of drug-likeness (QED) is 0.727. The number of carbonyl (C=O) groups excluding carboxylic acids is 1. The molecular formula is C15H16OS. The highest BCUT2D eigenvalue weighted by Crippen LogP contribution is 2.27. The van der Waals surface area contributed by atoms with Gasteiger partial charge in [-0.1, -0.05) is 37.3 Å². The van der Waals surface area contributed by atoms with E-state index in [0.29, 0.717) is 0 Å². The molecule has 1 nitrogen and oxygen atoms in total. The standard InChI is InChI=1S/C15H16OS/c1-3-13(12-7-5-4-6-8-12)15(16)14-10-9-11(2)17-14/h4-10,13H,3H2,1-2H3. The zero-order valence-corrected chi connectivity index (χ0v) is 11.0. The molecule has 0 N–H and O–H groups in total. The third-order valence-corrected chi connectivity index (χ3v) is 3.93. The lowest BCUT2D eigenvalue weighted by molar-refractivity contribution is 0.0961. The maximum Gasteiger partial charge on any atom is 0.180 e. The van der Waals surface area contributed by atoms with Crippen LogP contribution in [0.4, 0.5) is 0 Å². The number of benzene rings is 1.